The van der Waals surface area contributed by atoms with Crippen molar-refractivity contribution in [3.63, 3.8) is 0 Å². The molecule has 0 fully saturated rings. The first-order chi connectivity index (χ1) is 7.49. The van der Waals surface area contributed by atoms with Crippen molar-refractivity contribution in [1.82, 2.24) is 15.5 Å². The summed E-state index contributed by atoms with van der Waals surface area (Å²) in [6, 6.07) is -0.0788. The van der Waals surface area contributed by atoms with Crippen LogP contribution in [0.1, 0.15) is 19.8 Å². The minimum atomic E-state index is -0.223. The van der Waals surface area contributed by atoms with Gasteiger partial charge in [-0.3, -0.25) is 14.4 Å². The van der Waals surface area contributed by atoms with Crippen LogP contribution in [0, 0.1) is 0 Å². The number of hydrogen-bond acceptors (Lipinski definition) is 3. The Kier molecular flexibility index (Phi) is 6.91. The molecule has 1 unspecified atom stereocenters. The quantitative estimate of drug-likeness (QED) is 0.556. The molecule has 0 bridgehead atoms. The van der Waals surface area contributed by atoms with Gasteiger partial charge in [-0.25, -0.2) is 0 Å². The number of carbonyl (C=O) groups is 3. The molecule has 0 saturated carbocycles. The number of likely N-dealkylation sites (N-methyl/N-ethyl adjacent to an activating group) is 1. The van der Waals surface area contributed by atoms with Crippen LogP contribution >= 0.6 is 0 Å². The van der Waals surface area contributed by atoms with Crippen LogP contribution in [0.5, 0.6) is 0 Å². The second-order valence-corrected chi connectivity index (χ2v) is 3.70. The summed E-state index contributed by atoms with van der Waals surface area (Å²) in [5, 5.41) is 5.21. The molecule has 0 aliphatic heterocycles. The van der Waals surface area contributed by atoms with Crippen LogP contribution in [0.4, 0.5) is 0 Å². The zero-order valence-corrected chi connectivity index (χ0v) is 9.95. The van der Waals surface area contributed by atoms with Gasteiger partial charge in [0.25, 0.3) is 0 Å². The summed E-state index contributed by atoms with van der Waals surface area (Å²) in [5.74, 6) is -0.273. The highest BCUT2D eigenvalue weighted by Gasteiger charge is 2.10. The molecule has 3 amide bonds. The Hall–Kier alpha value is -1.59. The van der Waals surface area contributed by atoms with Crippen LogP contribution in [0.25, 0.3) is 0 Å². The van der Waals surface area contributed by atoms with Gasteiger partial charge in [0.2, 0.25) is 18.2 Å². The summed E-state index contributed by atoms with van der Waals surface area (Å²) >= 11 is 0. The predicted molar refractivity (Wildman–Crippen MR) is 59.6 cm³/mol. The third-order valence-electron chi connectivity index (χ3n) is 2.06. The van der Waals surface area contributed by atoms with Crippen molar-refractivity contribution < 1.29 is 14.4 Å². The molecule has 0 spiro atoms. The largest absolute Gasteiger partial charge is 0.359 e. The first kappa shape index (κ1) is 14.4. The molecule has 0 aromatic rings. The van der Waals surface area contributed by atoms with Crippen LogP contribution in [-0.2, 0) is 14.4 Å². The predicted octanol–water partition coefficient (Wildman–Crippen LogP) is -0.894. The van der Waals surface area contributed by atoms with Crippen molar-refractivity contribution >= 4 is 18.2 Å². The molecule has 0 radical (unpaired) electrons. The first-order valence-corrected chi connectivity index (χ1v) is 5.15. The Balaban J connectivity index is 3.78. The van der Waals surface area contributed by atoms with E-state index in [0.717, 1.165) is 0 Å². The Morgan fingerprint density at radius 1 is 1.38 bits per heavy atom. The van der Waals surface area contributed by atoms with Gasteiger partial charge in [0, 0.05) is 26.6 Å². The van der Waals surface area contributed by atoms with Gasteiger partial charge in [-0.15, -0.1) is 0 Å². The molecule has 1 atom stereocenters. The van der Waals surface area contributed by atoms with E-state index in [1.54, 1.807) is 7.05 Å². The van der Waals surface area contributed by atoms with Crippen molar-refractivity contribution in [1.29, 1.82) is 0 Å². The molecule has 0 rings (SSSR count). The van der Waals surface area contributed by atoms with Crippen LogP contribution in [0.2, 0.25) is 0 Å². The average Bonchev–Trinajstić information content (AvgIpc) is 2.25. The fraction of sp³-hybridized carbons (Fsp3) is 0.700. The maximum Gasteiger partial charge on any atom is 0.239 e. The molecule has 0 aliphatic carbocycles. The monoisotopic (exact) mass is 229 g/mol. The molecule has 92 valence electrons. The number of nitrogens with one attached hydrogen (secondary N) is 2. The molecule has 0 saturated heterocycles. The molecular formula is C10H19N3O3. The zero-order valence-electron chi connectivity index (χ0n) is 9.95. The summed E-state index contributed by atoms with van der Waals surface area (Å²) in [5.41, 5.74) is 0. The van der Waals surface area contributed by atoms with Crippen molar-refractivity contribution in [3.8, 4) is 0 Å². The molecule has 6 nitrogen and oxygen atoms in total. The average molecular weight is 229 g/mol. The van der Waals surface area contributed by atoms with E-state index in [9.17, 15) is 14.4 Å². The number of amides is 3. The van der Waals surface area contributed by atoms with Gasteiger partial charge in [-0.05, 0) is 13.3 Å². The lowest BCUT2D eigenvalue weighted by Crippen LogP contribution is -2.39. The van der Waals surface area contributed by atoms with E-state index in [2.05, 4.69) is 10.6 Å². The molecular weight excluding hydrogens is 210 g/mol. The topological polar surface area (TPSA) is 78.5 Å². The lowest BCUT2D eigenvalue weighted by atomic mass is 10.2. The van der Waals surface area contributed by atoms with Gasteiger partial charge >= 0.3 is 0 Å². The SMILES string of the molecule is CNC(=O)CCC(C)NC(=O)CN(C)C=O. The van der Waals surface area contributed by atoms with E-state index in [4.69, 9.17) is 0 Å². The number of nitrogens with zero attached hydrogens (tertiary/aromatic N) is 1. The van der Waals surface area contributed by atoms with Gasteiger partial charge < -0.3 is 15.5 Å². The third kappa shape index (κ3) is 6.80. The highest BCUT2D eigenvalue weighted by atomic mass is 16.2. The van der Waals surface area contributed by atoms with Crippen LogP contribution in [-0.4, -0.2) is 49.8 Å². The Morgan fingerprint density at radius 2 is 2.00 bits per heavy atom. The van der Waals surface area contributed by atoms with Crippen molar-refractivity contribution in [2.45, 2.75) is 25.8 Å². The van der Waals surface area contributed by atoms with Crippen molar-refractivity contribution in [3.05, 3.63) is 0 Å². The highest BCUT2D eigenvalue weighted by Crippen LogP contribution is 1.96. The van der Waals surface area contributed by atoms with E-state index in [-0.39, 0.29) is 24.4 Å². The molecule has 16 heavy (non-hydrogen) atoms. The molecule has 0 aliphatic rings. The number of carbonyl (C=O) groups excluding carboxylic acids is 3. The molecule has 0 heterocycles. The van der Waals surface area contributed by atoms with Crippen LogP contribution < -0.4 is 10.6 Å². The van der Waals surface area contributed by atoms with E-state index in [1.807, 2.05) is 6.92 Å². The molecule has 0 aromatic carbocycles. The van der Waals surface area contributed by atoms with E-state index in [1.165, 1.54) is 11.9 Å². The van der Waals surface area contributed by atoms with Gasteiger partial charge in [-0.1, -0.05) is 0 Å². The number of rotatable bonds is 7. The molecule has 0 aromatic heterocycles. The van der Waals surface area contributed by atoms with E-state index in [0.29, 0.717) is 19.3 Å². The Labute approximate surface area is 95.4 Å². The standard InChI is InChI=1S/C10H19N3O3/c1-8(4-5-9(15)11-2)12-10(16)6-13(3)7-14/h7-8H,4-6H2,1-3H3,(H,11,15)(H,12,16). The summed E-state index contributed by atoms with van der Waals surface area (Å²) in [7, 11) is 3.10. The molecule has 2 N–H and O–H groups in total. The van der Waals surface area contributed by atoms with Crippen LogP contribution in [0.15, 0.2) is 0 Å². The smallest absolute Gasteiger partial charge is 0.239 e. The van der Waals surface area contributed by atoms with Crippen molar-refractivity contribution in [2.24, 2.45) is 0 Å². The Morgan fingerprint density at radius 3 is 2.50 bits per heavy atom. The second-order valence-electron chi connectivity index (χ2n) is 3.70. The number of hydrogen-bond donors (Lipinski definition) is 2. The van der Waals surface area contributed by atoms with Crippen molar-refractivity contribution in [2.75, 3.05) is 20.6 Å². The minimum Gasteiger partial charge on any atom is -0.359 e. The van der Waals surface area contributed by atoms with E-state index < -0.39 is 0 Å². The second kappa shape index (κ2) is 7.67. The summed E-state index contributed by atoms with van der Waals surface area (Å²) in [6.07, 6.45) is 1.55. The summed E-state index contributed by atoms with van der Waals surface area (Å²) < 4.78 is 0. The fourth-order valence-corrected chi connectivity index (χ4v) is 1.13. The summed E-state index contributed by atoms with van der Waals surface area (Å²) in [4.78, 5) is 33.8. The normalized spacial score (nSPS) is 11.4. The highest BCUT2D eigenvalue weighted by molar-refractivity contribution is 5.80. The first-order valence-electron chi connectivity index (χ1n) is 5.15. The minimum absolute atomic E-state index is 0.0355. The molecule has 6 heteroatoms. The van der Waals surface area contributed by atoms with Crippen LogP contribution in [0.3, 0.4) is 0 Å². The Bertz CT molecular complexity index is 256. The van der Waals surface area contributed by atoms with Gasteiger partial charge in [-0.2, -0.15) is 0 Å². The lowest BCUT2D eigenvalue weighted by molar-refractivity contribution is -0.127. The van der Waals surface area contributed by atoms with Gasteiger partial charge in [0.15, 0.2) is 0 Å². The maximum absolute atomic E-state index is 11.3. The maximum atomic E-state index is 11.3. The third-order valence-corrected chi connectivity index (χ3v) is 2.06. The lowest BCUT2D eigenvalue weighted by Gasteiger charge is -2.15. The van der Waals surface area contributed by atoms with Gasteiger partial charge in [0.1, 0.15) is 0 Å². The van der Waals surface area contributed by atoms with E-state index >= 15 is 0 Å². The zero-order chi connectivity index (χ0) is 12.6. The van der Waals surface area contributed by atoms with Gasteiger partial charge in [0.05, 0.1) is 6.54 Å². The summed E-state index contributed by atoms with van der Waals surface area (Å²) in [6.45, 7) is 1.86. The fourth-order valence-electron chi connectivity index (χ4n) is 1.13.